The third-order valence-corrected chi connectivity index (χ3v) is 6.15. The lowest BCUT2D eigenvalue weighted by atomic mass is 9.85. The van der Waals surface area contributed by atoms with Crippen LogP contribution in [0, 0.1) is 12.7 Å². The minimum Gasteiger partial charge on any atom is -0.374 e. The second-order valence-electron chi connectivity index (χ2n) is 8.30. The molecule has 2 aromatic rings. The number of aryl methyl sites for hydroxylation is 1. The molecule has 198 valence electrons. The molecule has 2 aromatic carbocycles. The van der Waals surface area contributed by atoms with Crippen LogP contribution in [0.15, 0.2) is 35.5 Å². The normalized spacial score (nSPS) is 20.0. The molecular formula is C22H16ClF7N4O3. The van der Waals surface area contributed by atoms with Crippen LogP contribution < -0.4 is 10.7 Å². The summed E-state index contributed by atoms with van der Waals surface area (Å²) in [5.74, 6) is -2.38. The topological polar surface area (TPSA) is 83.0 Å². The molecule has 15 heteroatoms. The lowest BCUT2D eigenvalue weighted by Gasteiger charge is -2.30. The molecule has 4 rings (SSSR count). The van der Waals surface area contributed by atoms with Gasteiger partial charge in [0.2, 0.25) is 0 Å². The summed E-state index contributed by atoms with van der Waals surface area (Å²) in [5, 5.41) is 5.80. The maximum atomic E-state index is 14.7. The van der Waals surface area contributed by atoms with E-state index in [9.17, 15) is 40.3 Å². The largest absolute Gasteiger partial charge is 0.435 e. The number of nitrogens with one attached hydrogen (secondary N) is 2. The number of amides is 3. The van der Waals surface area contributed by atoms with E-state index in [-0.39, 0.29) is 41.1 Å². The number of urea groups is 1. The molecule has 0 radical (unpaired) electrons. The van der Waals surface area contributed by atoms with Crippen molar-refractivity contribution in [1.82, 2.24) is 15.8 Å². The highest BCUT2D eigenvalue weighted by Crippen LogP contribution is 2.51. The van der Waals surface area contributed by atoms with Gasteiger partial charge in [0, 0.05) is 17.7 Å². The number of hydrazine groups is 1. The molecule has 3 amide bonds. The van der Waals surface area contributed by atoms with Gasteiger partial charge >= 0.3 is 18.4 Å². The van der Waals surface area contributed by atoms with Crippen LogP contribution in [0.1, 0.15) is 39.0 Å². The Morgan fingerprint density at radius 3 is 2.46 bits per heavy atom. The average molecular weight is 553 g/mol. The summed E-state index contributed by atoms with van der Waals surface area (Å²) in [7, 11) is 0. The lowest BCUT2D eigenvalue weighted by molar-refractivity contribution is -0.276. The van der Waals surface area contributed by atoms with Crippen molar-refractivity contribution < 1.29 is 45.2 Å². The zero-order chi connectivity index (χ0) is 27.3. The molecule has 37 heavy (non-hydrogen) atoms. The van der Waals surface area contributed by atoms with Crippen molar-refractivity contribution >= 4 is 29.3 Å². The quantitative estimate of drug-likeness (QED) is 0.520. The number of benzene rings is 2. The van der Waals surface area contributed by atoms with Gasteiger partial charge in [-0.2, -0.15) is 26.3 Å². The van der Waals surface area contributed by atoms with Gasteiger partial charge in [-0.3, -0.25) is 10.2 Å². The molecule has 1 fully saturated rings. The van der Waals surface area contributed by atoms with Crippen molar-refractivity contribution in [3.8, 4) is 0 Å². The van der Waals surface area contributed by atoms with Gasteiger partial charge in [0.15, 0.2) is 0 Å². The van der Waals surface area contributed by atoms with Crippen LogP contribution in [0.3, 0.4) is 0 Å². The molecule has 2 aliphatic rings. The second-order valence-corrected chi connectivity index (χ2v) is 8.71. The van der Waals surface area contributed by atoms with E-state index in [0.717, 1.165) is 5.01 Å². The predicted octanol–water partition coefficient (Wildman–Crippen LogP) is 5.06. The van der Waals surface area contributed by atoms with Crippen LogP contribution >= 0.6 is 11.6 Å². The van der Waals surface area contributed by atoms with Crippen LogP contribution in [0.5, 0.6) is 0 Å². The first-order chi connectivity index (χ1) is 17.1. The first kappa shape index (κ1) is 26.5. The van der Waals surface area contributed by atoms with Crippen molar-refractivity contribution in [2.24, 2.45) is 5.16 Å². The number of nitrogens with zero attached hydrogens (tertiary/aromatic N) is 2. The van der Waals surface area contributed by atoms with Crippen LogP contribution in [0.25, 0.3) is 0 Å². The molecule has 1 atom stereocenters. The lowest BCUT2D eigenvalue weighted by Crippen LogP contribution is -2.44. The Morgan fingerprint density at radius 1 is 1.19 bits per heavy atom. The fraction of sp³-hybridized carbons (Fsp3) is 0.318. The van der Waals surface area contributed by atoms with E-state index < -0.39 is 58.3 Å². The molecule has 0 aromatic heterocycles. The van der Waals surface area contributed by atoms with Crippen molar-refractivity contribution in [2.45, 2.75) is 31.3 Å². The summed E-state index contributed by atoms with van der Waals surface area (Å²) in [5.41, 5.74) is -4.15. The monoisotopic (exact) mass is 552 g/mol. The Bertz CT molecular complexity index is 1310. The number of carbonyl (C=O) groups excluding carboxylic acids is 2. The molecule has 7 nitrogen and oxygen atoms in total. The second kappa shape index (κ2) is 9.08. The van der Waals surface area contributed by atoms with E-state index in [0.29, 0.717) is 6.54 Å². The number of oxime groups is 1. The minimum absolute atomic E-state index is 0.000350. The van der Waals surface area contributed by atoms with Gasteiger partial charge in [0.05, 0.1) is 29.3 Å². The average Bonchev–Trinajstić information content (AvgIpc) is 3.42. The standard InChI is InChI=1S/C22H16ClF7N4O3/c1-10-6-11(2-3-13(10)18(35)32-34-5-4-31-19(34)36)16-9-20(37-33-16,22(28,29)30)14-7-12(21(25,26)27)8-15(23)17(14)24/h2-3,6-8H,4-5,9H2,1H3,(H,31,36)(H,32,35). The maximum Gasteiger partial charge on any atom is 0.435 e. The van der Waals surface area contributed by atoms with Gasteiger partial charge in [-0.05, 0) is 42.3 Å². The van der Waals surface area contributed by atoms with Crippen molar-refractivity contribution in [2.75, 3.05) is 13.1 Å². The van der Waals surface area contributed by atoms with Crippen LogP contribution in [0.4, 0.5) is 35.5 Å². The SMILES string of the molecule is Cc1cc(C2=NOC(c3cc(C(F)(F)F)cc(Cl)c3F)(C(F)(F)F)C2)ccc1C(=O)NN1CCNC1=O. The summed E-state index contributed by atoms with van der Waals surface area (Å²) in [6, 6.07) is 3.50. The predicted molar refractivity (Wildman–Crippen MR) is 115 cm³/mol. The minimum atomic E-state index is -5.39. The molecule has 1 saturated heterocycles. The molecule has 1 unspecified atom stereocenters. The highest BCUT2D eigenvalue weighted by atomic mass is 35.5. The summed E-state index contributed by atoms with van der Waals surface area (Å²) < 4.78 is 97.1. The molecular weight excluding hydrogens is 537 g/mol. The van der Waals surface area contributed by atoms with Crippen molar-refractivity contribution in [3.63, 3.8) is 0 Å². The number of halogens is 8. The summed E-state index contributed by atoms with van der Waals surface area (Å²) in [6.07, 6.45) is -11.7. The summed E-state index contributed by atoms with van der Waals surface area (Å²) >= 11 is 5.50. The van der Waals surface area contributed by atoms with Gasteiger partial charge in [0.25, 0.3) is 11.5 Å². The zero-order valence-electron chi connectivity index (χ0n) is 18.7. The van der Waals surface area contributed by atoms with E-state index in [1.165, 1.54) is 25.1 Å². The molecule has 0 bridgehead atoms. The van der Waals surface area contributed by atoms with E-state index in [1.54, 1.807) is 0 Å². The number of carbonyl (C=O) groups is 2. The number of rotatable bonds is 4. The van der Waals surface area contributed by atoms with E-state index in [2.05, 4.69) is 20.7 Å². The smallest absolute Gasteiger partial charge is 0.374 e. The number of alkyl halides is 6. The van der Waals surface area contributed by atoms with Gasteiger partial charge in [-0.1, -0.05) is 22.8 Å². The summed E-state index contributed by atoms with van der Waals surface area (Å²) in [4.78, 5) is 28.8. The Kier molecular flexibility index (Phi) is 6.51. The van der Waals surface area contributed by atoms with Crippen LogP contribution in [-0.4, -0.2) is 41.9 Å². The zero-order valence-corrected chi connectivity index (χ0v) is 19.4. The molecule has 2 N–H and O–H groups in total. The van der Waals surface area contributed by atoms with Gasteiger partial charge in [-0.15, -0.1) is 0 Å². The first-order valence-electron chi connectivity index (χ1n) is 10.5. The van der Waals surface area contributed by atoms with E-state index >= 15 is 0 Å². The highest BCUT2D eigenvalue weighted by Gasteiger charge is 2.64. The van der Waals surface area contributed by atoms with Gasteiger partial charge < -0.3 is 10.2 Å². The van der Waals surface area contributed by atoms with Crippen molar-refractivity contribution in [3.05, 3.63) is 69.0 Å². The van der Waals surface area contributed by atoms with Crippen LogP contribution in [-0.2, 0) is 16.6 Å². The van der Waals surface area contributed by atoms with E-state index in [4.69, 9.17) is 11.6 Å². The number of hydrogen-bond acceptors (Lipinski definition) is 4. The van der Waals surface area contributed by atoms with Crippen molar-refractivity contribution in [1.29, 1.82) is 0 Å². The summed E-state index contributed by atoms with van der Waals surface area (Å²) in [6.45, 7) is 2.03. The number of hydrogen-bond donors (Lipinski definition) is 2. The third kappa shape index (κ3) is 4.77. The fourth-order valence-corrected chi connectivity index (χ4v) is 4.16. The van der Waals surface area contributed by atoms with Gasteiger partial charge in [0.1, 0.15) is 5.82 Å². The molecule has 0 saturated carbocycles. The highest BCUT2D eigenvalue weighted by molar-refractivity contribution is 6.30. The Hall–Kier alpha value is -3.55. The van der Waals surface area contributed by atoms with Crippen LogP contribution in [0.2, 0.25) is 5.02 Å². The molecule has 0 aliphatic carbocycles. The third-order valence-electron chi connectivity index (χ3n) is 5.87. The first-order valence-corrected chi connectivity index (χ1v) is 10.9. The fourth-order valence-electron chi connectivity index (χ4n) is 3.94. The van der Waals surface area contributed by atoms with E-state index in [1.807, 2.05) is 0 Å². The molecule has 2 aliphatic heterocycles. The van der Waals surface area contributed by atoms with Gasteiger partial charge in [-0.25, -0.2) is 14.2 Å². The Balaban J connectivity index is 1.66. The molecule has 0 spiro atoms. The Morgan fingerprint density at radius 2 is 1.89 bits per heavy atom. The Labute approximate surface area is 209 Å². The maximum absolute atomic E-state index is 14.7. The molecule has 2 heterocycles.